The molecule has 0 atom stereocenters. The fourth-order valence-corrected chi connectivity index (χ4v) is 5.86. The lowest BCUT2D eigenvalue weighted by Crippen LogP contribution is -1.89. The zero-order valence-electron chi connectivity index (χ0n) is 34.3. The van der Waals surface area contributed by atoms with E-state index in [2.05, 4.69) is 0 Å². The van der Waals surface area contributed by atoms with Gasteiger partial charge >= 0.3 is 0 Å². The number of hydrogen-bond donors (Lipinski definition) is 0. The second kappa shape index (κ2) is 8.55. The van der Waals surface area contributed by atoms with E-state index in [9.17, 15) is 5.48 Å². The first kappa shape index (κ1) is 13.3. The quantitative estimate of drug-likeness (QED) is 0.159. The Morgan fingerprint density at radius 2 is 1.20 bits per heavy atom. The van der Waals surface area contributed by atoms with Gasteiger partial charge in [0.15, 0.2) is 0 Å². The first-order chi connectivity index (χ1) is 25.8. The van der Waals surface area contributed by atoms with Crippen LogP contribution in [0.25, 0.3) is 87.3 Å². The molecule has 0 saturated carbocycles. The van der Waals surface area contributed by atoms with Gasteiger partial charge in [0.25, 0.3) is 0 Å². The largest absolute Gasteiger partial charge is 0.455 e. The predicted molar refractivity (Wildman–Crippen MR) is 175 cm³/mol. The minimum atomic E-state index is -0.672. The van der Waals surface area contributed by atoms with Crippen molar-refractivity contribution in [3.8, 4) is 22.3 Å². The monoisotopic (exact) mass is 533 g/mol. The number of fused-ring (bicyclic) bond motifs is 8. The van der Waals surface area contributed by atoms with Crippen molar-refractivity contribution in [2.45, 2.75) is 0 Å². The van der Waals surface area contributed by atoms with Crippen LogP contribution in [0.2, 0.25) is 0 Å². The van der Waals surface area contributed by atoms with Gasteiger partial charge in [-0.3, -0.25) is 0 Å². The van der Waals surface area contributed by atoms with E-state index < -0.39 is 84.1 Å². The molecule has 0 saturated heterocycles. The predicted octanol–water partition coefficient (Wildman–Crippen LogP) is 11.5. The molecule has 1 nitrogen and oxygen atoms in total. The van der Waals surface area contributed by atoms with Gasteiger partial charge in [-0.15, -0.1) is 0 Å². The van der Waals surface area contributed by atoms with E-state index >= 15 is 0 Å². The molecule has 0 N–H and O–H groups in total. The van der Waals surface area contributed by atoms with Crippen LogP contribution in [0.3, 0.4) is 0 Å². The van der Waals surface area contributed by atoms with Crippen molar-refractivity contribution in [3.63, 3.8) is 0 Å². The lowest BCUT2D eigenvalue weighted by molar-refractivity contribution is 0.670. The highest BCUT2D eigenvalue weighted by atomic mass is 16.3. The molecule has 0 radical (unpaired) electrons. The Hall–Kier alpha value is -5.40. The third-order valence-corrected chi connectivity index (χ3v) is 7.64. The summed E-state index contributed by atoms with van der Waals surface area (Å²) >= 11 is 0. The molecule has 1 heterocycles. The highest BCUT2D eigenvalue weighted by Crippen LogP contribution is 2.47. The number of hydrogen-bond acceptors (Lipinski definition) is 1. The van der Waals surface area contributed by atoms with Gasteiger partial charge in [0.2, 0.25) is 0 Å². The van der Waals surface area contributed by atoms with E-state index in [1.807, 2.05) is 66.7 Å². The summed E-state index contributed by atoms with van der Waals surface area (Å²) in [7, 11) is 0. The van der Waals surface area contributed by atoms with E-state index in [0.29, 0.717) is 16.3 Å². The summed E-state index contributed by atoms with van der Waals surface area (Å²) in [5.74, 6) is 0. The van der Waals surface area contributed by atoms with Crippen molar-refractivity contribution in [2.24, 2.45) is 0 Å². The SMILES string of the molecule is [2H]c1c([2H])c([2H])c(-c2c([2H])c([2H])c(-c3c4ccccc4cc4c3ccc3ccccc34)c3c2oc2c([2H])c4c([2H])c([2H])c([2H])c([2H])c4c([2H])c23)c([2H])c1[2H]. The second-order valence-corrected chi connectivity index (χ2v) is 9.86. The van der Waals surface area contributed by atoms with Crippen molar-refractivity contribution in [1.29, 1.82) is 0 Å². The van der Waals surface area contributed by atoms with Gasteiger partial charge < -0.3 is 4.42 Å². The van der Waals surface area contributed by atoms with Crippen molar-refractivity contribution >= 4 is 65.0 Å². The van der Waals surface area contributed by atoms with Crippen LogP contribution in [-0.4, -0.2) is 0 Å². The van der Waals surface area contributed by atoms with Crippen molar-refractivity contribution in [3.05, 3.63) is 145 Å². The maximum Gasteiger partial charge on any atom is 0.143 e. The summed E-state index contributed by atoms with van der Waals surface area (Å²) in [5.41, 5.74) is -0.611. The minimum Gasteiger partial charge on any atom is -0.455 e. The molecule has 0 fully saturated rings. The van der Waals surface area contributed by atoms with Crippen LogP contribution in [0.15, 0.2) is 150 Å². The summed E-state index contributed by atoms with van der Waals surface area (Å²) in [6.45, 7) is 0. The molecule has 190 valence electrons. The normalized spacial score (nSPS) is 16.3. The Morgan fingerprint density at radius 1 is 0.488 bits per heavy atom. The molecule has 0 aliphatic rings. The van der Waals surface area contributed by atoms with E-state index in [0.717, 1.165) is 21.5 Å². The van der Waals surface area contributed by atoms with Gasteiger partial charge in [-0.1, -0.05) is 121 Å². The molecule has 9 aromatic rings. The first-order valence-electron chi connectivity index (χ1n) is 19.6. The van der Waals surface area contributed by atoms with Gasteiger partial charge in [0.05, 0.1) is 17.8 Å². The zero-order chi connectivity index (χ0) is 38.2. The van der Waals surface area contributed by atoms with Gasteiger partial charge in [-0.2, -0.15) is 0 Å². The molecular formula is C40H24O. The molecule has 1 heteroatoms. The standard InChI is InChI=1S/C40H24O/c1-2-10-25(11-3-1)32-20-21-34(39-36-22-27-13-4-5-14-28(27)24-37(36)41-40(32)39)38-31-17-9-7-15-29(31)23-35-30-16-8-6-12-26(30)18-19-33(35)38/h1-24H/i1D,2D,3D,4D,5D,10D,11D,13D,14D,20D,21D,22D,24D. The Bertz CT molecular complexity index is 3170. The molecule has 41 heavy (non-hydrogen) atoms. The summed E-state index contributed by atoms with van der Waals surface area (Å²) in [4.78, 5) is 0. The van der Waals surface area contributed by atoms with E-state index in [4.69, 9.17) is 16.8 Å². The minimum absolute atomic E-state index is 0.0337. The fourth-order valence-electron chi connectivity index (χ4n) is 5.86. The molecule has 8 aromatic carbocycles. The smallest absolute Gasteiger partial charge is 0.143 e. The van der Waals surface area contributed by atoms with Crippen LogP contribution in [0.1, 0.15) is 17.8 Å². The van der Waals surface area contributed by atoms with Crippen LogP contribution in [0.4, 0.5) is 0 Å². The van der Waals surface area contributed by atoms with Gasteiger partial charge in [0, 0.05) is 16.3 Å². The first-order valence-corrected chi connectivity index (χ1v) is 13.1. The molecule has 0 aliphatic heterocycles. The van der Waals surface area contributed by atoms with Crippen molar-refractivity contribution < 1.29 is 22.2 Å². The van der Waals surface area contributed by atoms with Crippen LogP contribution in [0.5, 0.6) is 0 Å². The maximum absolute atomic E-state index is 9.74. The topological polar surface area (TPSA) is 13.1 Å². The summed E-state index contributed by atoms with van der Waals surface area (Å²) < 4.78 is 121. The molecule has 0 unspecified atom stereocenters. The average Bonchev–Trinajstić information content (AvgIpc) is 3.57. The highest BCUT2D eigenvalue weighted by molar-refractivity contribution is 6.26. The van der Waals surface area contributed by atoms with E-state index in [-0.39, 0.29) is 43.8 Å². The second-order valence-electron chi connectivity index (χ2n) is 9.86. The summed E-state index contributed by atoms with van der Waals surface area (Å²) in [6.07, 6.45) is 0. The van der Waals surface area contributed by atoms with Gasteiger partial charge in [0.1, 0.15) is 11.2 Å². The molecular weight excluding hydrogens is 496 g/mol. The molecule has 9 rings (SSSR count). The lowest BCUT2D eigenvalue weighted by atomic mass is 9.87. The number of furan rings is 1. The molecule has 0 aliphatic carbocycles. The maximum atomic E-state index is 9.74. The van der Waals surface area contributed by atoms with Crippen LogP contribution >= 0.6 is 0 Å². The van der Waals surface area contributed by atoms with Gasteiger partial charge in [-0.25, -0.2) is 0 Å². The van der Waals surface area contributed by atoms with Crippen LogP contribution < -0.4 is 0 Å². The number of rotatable bonds is 2. The third-order valence-electron chi connectivity index (χ3n) is 7.64. The summed E-state index contributed by atoms with van der Waals surface area (Å²) in [6, 6.07) is 13.8. The Balaban J connectivity index is 1.62. The average molecular weight is 534 g/mol. The lowest BCUT2D eigenvalue weighted by Gasteiger charge is -2.16. The molecule has 0 bridgehead atoms. The van der Waals surface area contributed by atoms with Crippen LogP contribution in [0, 0.1) is 0 Å². The van der Waals surface area contributed by atoms with Crippen molar-refractivity contribution in [2.75, 3.05) is 0 Å². The summed E-state index contributed by atoms with van der Waals surface area (Å²) in [5, 5.41) is 4.32. The highest BCUT2D eigenvalue weighted by Gasteiger charge is 2.21. The zero-order valence-corrected chi connectivity index (χ0v) is 21.3. The Kier molecular flexibility index (Phi) is 2.77. The van der Waals surface area contributed by atoms with Crippen molar-refractivity contribution in [1.82, 2.24) is 0 Å². The molecule has 0 spiro atoms. The van der Waals surface area contributed by atoms with Crippen LogP contribution in [-0.2, 0) is 0 Å². The van der Waals surface area contributed by atoms with Gasteiger partial charge in [-0.05, 0) is 84.0 Å². The Morgan fingerprint density at radius 3 is 2.05 bits per heavy atom. The molecule has 1 aromatic heterocycles. The third kappa shape index (κ3) is 3.30. The fraction of sp³-hybridized carbons (Fsp3) is 0. The van der Waals surface area contributed by atoms with E-state index in [1.54, 1.807) is 0 Å². The molecule has 0 amide bonds. The number of benzene rings is 8. The van der Waals surface area contributed by atoms with E-state index in [1.165, 1.54) is 0 Å². The Labute approximate surface area is 255 Å².